The maximum atomic E-state index is 14.5. The Kier molecular flexibility index (Phi) is 6.91. The minimum absolute atomic E-state index is 0.122. The Balaban J connectivity index is 1.35. The molecule has 2 aliphatic rings. The lowest BCUT2D eigenvalue weighted by Crippen LogP contribution is -2.38. The van der Waals surface area contributed by atoms with Gasteiger partial charge in [-0.05, 0) is 68.5 Å². The number of nitrogens with zero attached hydrogens (tertiary/aromatic N) is 1. The number of halogens is 1. The van der Waals surface area contributed by atoms with E-state index in [1.807, 2.05) is 30.3 Å². The highest BCUT2D eigenvalue weighted by atomic mass is 19.1. The van der Waals surface area contributed by atoms with Gasteiger partial charge in [0.1, 0.15) is 18.2 Å². The van der Waals surface area contributed by atoms with E-state index in [0.717, 1.165) is 44.1 Å². The van der Waals surface area contributed by atoms with Crippen LogP contribution in [0.4, 0.5) is 10.1 Å². The van der Waals surface area contributed by atoms with Crippen LogP contribution in [0.5, 0.6) is 5.75 Å². The number of hydrogen-bond donors (Lipinski definition) is 1. The van der Waals surface area contributed by atoms with Crippen LogP contribution in [0.2, 0.25) is 0 Å². The number of hydrogen-bond acceptors (Lipinski definition) is 3. The maximum Gasteiger partial charge on any atom is 0.235 e. The lowest BCUT2D eigenvalue weighted by atomic mass is 9.77. The van der Waals surface area contributed by atoms with E-state index in [1.165, 1.54) is 18.9 Å². The normalized spacial score (nSPS) is 21.0. The minimum Gasteiger partial charge on any atom is -0.492 e. The molecular formula is C26H33FN2O2. The highest BCUT2D eigenvalue weighted by molar-refractivity contribution is 5.99. The second kappa shape index (κ2) is 9.82. The van der Waals surface area contributed by atoms with Gasteiger partial charge >= 0.3 is 0 Å². The Morgan fingerprint density at radius 1 is 1.13 bits per heavy atom. The molecule has 0 bridgehead atoms. The summed E-state index contributed by atoms with van der Waals surface area (Å²) in [5.41, 5.74) is 0.438. The monoisotopic (exact) mass is 424 g/mol. The first kappa shape index (κ1) is 21.8. The van der Waals surface area contributed by atoms with E-state index < -0.39 is 5.41 Å². The molecule has 0 aromatic heterocycles. The van der Waals surface area contributed by atoms with Crippen LogP contribution in [0.1, 0.15) is 51.0 Å². The number of rotatable bonds is 7. The van der Waals surface area contributed by atoms with Crippen molar-refractivity contribution < 1.29 is 13.9 Å². The van der Waals surface area contributed by atoms with E-state index >= 15 is 0 Å². The van der Waals surface area contributed by atoms with Gasteiger partial charge in [0.25, 0.3) is 0 Å². The van der Waals surface area contributed by atoms with Crippen molar-refractivity contribution in [3.8, 4) is 5.75 Å². The van der Waals surface area contributed by atoms with E-state index in [9.17, 15) is 9.18 Å². The molecule has 4 rings (SSSR count). The van der Waals surface area contributed by atoms with Gasteiger partial charge in [-0.1, -0.05) is 38.0 Å². The number of carbonyl (C=O) groups excluding carboxylic acids is 1. The van der Waals surface area contributed by atoms with Crippen LogP contribution in [0, 0.1) is 11.7 Å². The quantitative estimate of drug-likeness (QED) is 0.648. The topological polar surface area (TPSA) is 41.6 Å². The summed E-state index contributed by atoms with van der Waals surface area (Å²) in [4.78, 5) is 15.7. The average molecular weight is 425 g/mol. The molecule has 0 radical (unpaired) electrons. The Bertz CT molecular complexity index is 877. The van der Waals surface area contributed by atoms with Crippen LogP contribution in [-0.2, 0) is 10.2 Å². The van der Waals surface area contributed by atoms with Crippen molar-refractivity contribution in [1.29, 1.82) is 0 Å². The molecular weight excluding hydrogens is 391 g/mol. The minimum atomic E-state index is -0.786. The van der Waals surface area contributed by atoms with E-state index in [-0.39, 0.29) is 11.7 Å². The number of benzene rings is 2. The van der Waals surface area contributed by atoms with Crippen molar-refractivity contribution in [2.75, 3.05) is 31.6 Å². The second-order valence-electron chi connectivity index (χ2n) is 9.14. The number of piperidine rings is 1. The first-order valence-corrected chi connectivity index (χ1v) is 11.6. The lowest BCUT2D eigenvalue weighted by Gasteiger charge is -2.30. The Hall–Kier alpha value is -2.40. The van der Waals surface area contributed by atoms with Gasteiger partial charge in [0.05, 0.1) is 5.41 Å². The van der Waals surface area contributed by atoms with Crippen molar-refractivity contribution >= 4 is 11.6 Å². The molecule has 1 amide bonds. The van der Waals surface area contributed by atoms with Gasteiger partial charge in [-0.25, -0.2) is 4.39 Å². The number of anilines is 1. The maximum absolute atomic E-state index is 14.5. The molecule has 0 unspecified atom stereocenters. The SMILES string of the molecule is C[C@@H]1CCCN(CCOc2ccc(NC(=O)C3(c4ccccc4F)CCCC3)cc2)C1. The molecule has 31 heavy (non-hydrogen) atoms. The molecule has 1 saturated heterocycles. The summed E-state index contributed by atoms with van der Waals surface area (Å²) in [5, 5.41) is 3.02. The molecule has 0 spiro atoms. The van der Waals surface area contributed by atoms with Crippen LogP contribution in [-0.4, -0.2) is 37.0 Å². The first-order valence-electron chi connectivity index (χ1n) is 11.6. The fourth-order valence-electron chi connectivity index (χ4n) is 5.11. The number of likely N-dealkylation sites (tertiary alicyclic amines) is 1. The Morgan fingerprint density at radius 2 is 1.87 bits per heavy atom. The van der Waals surface area contributed by atoms with Crippen molar-refractivity contribution in [2.45, 2.75) is 50.9 Å². The van der Waals surface area contributed by atoms with Crippen LogP contribution in [0.15, 0.2) is 48.5 Å². The van der Waals surface area contributed by atoms with E-state index in [2.05, 4.69) is 17.1 Å². The summed E-state index contributed by atoms with van der Waals surface area (Å²) in [7, 11) is 0. The molecule has 1 saturated carbocycles. The van der Waals surface area contributed by atoms with Gasteiger partial charge in [0.2, 0.25) is 5.91 Å². The third-order valence-corrected chi connectivity index (χ3v) is 6.81. The molecule has 2 aromatic carbocycles. The van der Waals surface area contributed by atoms with Gasteiger partial charge in [-0.15, -0.1) is 0 Å². The molecule has 1 aliphatic carbocycles. The number of carbonyl (C=O) groups is 1. The Morgan fingerprint density at radius 3 is 2.58 bits per heavy atom. The van der Waals surface area contributed by atoms with E-state index in [4.69, 9.17) is 4.74 Å². The second-order valence-corrected chi connectivity index (χ2v) is 9.14. The molecule has 1 N–H and O–H groups in total. The fraction of sp³-hybridized carbons (Fsp3) is 0.500. The van der Waals surface area contributed by atoms with E-state index in [0.29, 0.717) is 30.7 Å². The number of nitrogens with one attached hydrogen (secondary N) is 1. The van der Waals surface area contributed by atoms with Gasteiger partial charge in [-0.2, -0.15) is 0 Å². The van der Waals surface area contributed by atoms with Gasteiger partial charge in [-0.3, -0.25) is 9.69 Å². The van der Waals surface area contributed by atoms with E-state index in [1.54, 1.807) is 12.1 Å². The third-order valence-electron chi connectivity index (χ3n) is 6.81. The molecule has 2 fully saturated rings. The highest BCUT2D eigenvalue weighted by Crippen LogP contribution is 2.43. The van der Waals surface area contributed by atoms with Gasteiger partial charge < -0.3 is 10.1 Å². The zero-order chi connectivity index (χ0) is 21.7. The van der Waals surface area contributed by atoms with Crippen LogP contribution in [0.3, 0.4) is 0 Å². The molecule has 1 atom stereocenters. The van der Waals surface area contributed by atoms with Crippen molar-refractivity contribution in [1.82, 2.24) is 4.90 Å². The fourth-order valence-corrected chi connectivity index (χ4v) is 5.11. The third kappa shape index (κ3) is 5.09. The summed E-state index contributed by atoms with van der Waals surface area (Å²) < 4.78 is 20.4. The average Bonchev–Trinajstić information content (AvgIpc) is 3.26. The molecule has 2 aromatic rings. The molecule has 5 heteroatoms. The molecule has 4 nitrogen and oxygen atoms in total. The lowest BCUT2D eigenvalue weighted by molar-refractivity contribution is -0.121. The predicted molar refractivity (Wildman–Crippen MR) is 122 cm³/mol. The largest absolute Gasteiger partial charge is 0.492 e. The van der Waals surface area contributed by atoms with Crippen molar-refractivity contribution in [2.24, 2.45) is 5.92 Å². The number of amides is 1. The first-order chi connectivity index (χ1) is 15.1. The van der Waals surface area contributed by atoms with Crippen molar-refractivity contribution in [3.63, 3.8) is 0 Å². The highest BCUT2D eigenvalue weighted by Gasteiger charge is 2.44. The van der Waals surface area contributed by atoms with Crippen molar-refractivity contribution in [3.05, 3.63) is 59.9 Å². The molecule has 1 aliphatic heterocycles. The van der Waals surface area contributed by atoms with Crippen LogP contribution < -0.4 is 10.1 Å². The van der Waals surface area contributed by atoms with Crippen LogP contribution in [0.25, 0.3) is 0 Å². The summed E-state index contributed by atoms with van der Waals surface area (Å²) in [6.07, 6.45) is 5.81. The molecule has 1 heterocycles. The number of ether oxygens (including phenoxy) is 1. The van der Waals surface area contributed by atoms with Crippen LogP contribution >= 0.6 is 0 Å². The summed E-state index contributed by atoms with van der Waals surface area (Å²) in [5.74, 6) is 1.14. The van der Waals surface area contributed by atoms with Gasteiger partial charge in [0.15, 0.2) is 0 Å². The Labute approximate surface area is 184 Å². The summed E-state index contributed by atoms with van der Waals surface area (Å²) >= 11 is 0. The summed E-state index contributed by atoms with van der Waals surface area (Å²) in [6.45, 7) is 6.21. The zero-order valence-electron chi connectivity index (χ0n) is 18.4. The smallest absolute Gasteiger partial charge is 0.235 e. The van der Waals surface area contributed by atoms with Gasteiger partial charge in [0, 0.05) is 24.3 Å². The molecule has 166 valence electrons. The standard InChI is InChI=1S/C26H33FN2O2/c1-20-7-6-16-29(19-20)17-18-31-22-12-10-21(11-13-22)28-25(30)26(14-4-5-15-26)23-8-2-3-9-24(23)27/h2-3,8-13,20H,4-7,14-19H2,1H3,(H,28,30)/t20-/m1/s1. The predicted octanol–water partition coefficient (Wildman–Crippen LogP) is 5.39. The zero-order valence-corrected chi connectivity index (χ0v) is 18.4. The summed E-state index contributed by atoms with van der Waals surface area (Å²) in [6, 6.07) is 14.2.